The maximum Gasteiger partial charge on any atom is 0.321 e. The van der Waals surface area contributed by atoms with Crippen molar-refractivity contribution in [2.24, 2.45) is 0 Å². The first kappa shape index (κ1) is 17.1. The molecule has 0 radical (unpaired) electrons. The highest BCUT2D eigenvalue weighted by Crippen LogP contribution is 2.27. The Kier molecular flexibility index (Phi) is 4.53. The molecule has 6 nitrogen and oxygen atoms in total. The Morgan fingerprint density at radius 2 is 1.96 bits per heavy atom. The minimum Gasteiger partial charge on any atom is -0.322 e. The predicted molar refractivity (Wildman–Crippen MR) is 96.1 cm³/mol. The van der Waals surface area contributed by atoms with Crippen LogP contribution in [0.4, 0.5) is 19.3 Å². The van der Waals surface area contributed by atoms with Crippen LogP contribution in [0, 0.1) is 11.6 Å². The molecule has 3 aromatic rings. The summed E-state index contributed by atoms with van der Waals surface area (Å²) in [5.74, 6) is -0.548. The highest BCUT2D eigenvalue weighted by Gasteiger charge is 2.29. The van der Waals surface area contributed by atoms with Crippen molar-refractivity contribution in [2.45, 2.75) is 12.5 Å². The molecule has 1 aromatic heterocycles. The molecule has 0 bridgehead atoms. The zero-order valence-corrected chi connectivity index (χ0v) is 14.3. The van der Waals surface area contributed by atoms with Crippen LogP contribution in [0.25, 0.3) is 11.4 Å². The summed E-state index contributed by atoms with van der Waals surface area (Å²) >= 11 is 0. The Bertz CT molecular complexity index is 960. The molecular formula is C19H17F2N5O. The highest BCUT2D eigenvalue weighted by molar-refractivity contribution is 5.89. The van der Waals surface area contributed by atoms with E-state index in [0.717, 1.165) is 36.0 Å². The maximum absolute atomic E-state index is 13.7. The quantitative estimate of drug-likeness (QED) is 0.766. The van der Waals surface area contributed by atoms with E-state index in [9.17, 15) is 13.6 Å². The molecular weight excluding hydrogens is 352 g/mol. The van der Waals surface area contributed by atoms with E-state index >= 15 is 0 Å². The number of benzene rings is 2. The van der Waals surface area contributed by atoms with Crippen molar-refractivity contribution in [2.75, 3.05) is 18.4 Å². The maximum atomic E-state index is 13.7. The molecule has 2 amide bonds. The predicted octanol–water partition coefficient (Wildman–Crippen LogP) is 3.70. The molecule has 27 heavy (non-hydrogen) atoms. The van der Waals surface area contributed by atoms with E-state index in [1.807, 2.05) is 34.9 Å². The molecule has 1 N–H and O–H groups in total. The number of likely N-dealkylation sites (tertiary alicyclic amines) is 1. The van der Waals surface area contributed by atoms with Gasteiger partial charge in [0, 0.05) is 24.7 Å². The van der Waals surface area contributed by atoms with Crippen LogP contribution in [0.1, 0.15) is 12.5 Å². The Balaban J connectivity index is 1.47. The molecule has 1 unspecified atom stereocenters. The molecule has 8 heteroatoms. The first-order valence-corrected chi connectivity index (χ1v) is 8.58. The van der Waals surface area contributed by atoms with Gasteiger partial charge in [-0.2, -0.15) is 0 Å². The van der Waals surface area contributed by atoms with Crippen molar-refractivity contribution in [1.29, 1.82) is 0 Å². The Labute approximate surface area is 154 Å². The number of hydrogen-bond donors (Lipinski definition) is 1. The average Bonchev–Trinajstić information content (AvgIpc) is 3.34. The number of carbonyl (C=O) groups excluding carboxylic acids is 1. The van der Waals surface area contributed by atoms with E-state index < -0.39 is 17.7 Å². The lowest BCUT2D eigenvalue weighted by atomic mass is 10.2. The number of aromatic nitrogens is 3. The van der Waals surface area contributed by atoms with Gasteiger partial charge < -0.3 is 14.8 Å². The number of carbonyl (C=O) groups is 1. The summed E-state index contributed by atoms with van der Waals surface area (Å²) in [6.45, 7) is 0.931. The van der Waals surface area contributed by atoms with E-state index in [0.29, 0.717) is 13.1 Å². The second kappa shape index (κ2) is 7.14. The second-order valence-electron chi connectivity index (χ2n) is 6.37. The number of hydrogen-bond acceptors (Lipinski definition) is 3. The number of rotatable bonds is 3. The lowest BCUT2D eigenvalue weighted by Crippen LogP contribution is -2.33. The van der Waals surface area contributed by atoms with E-state index in [1.165, 1.54) is 0 Å². The lowest BCUT2D eigenvalue weighted by Gasteiger charge is -2.18. The van der Waals surface area contributed by atoms with Crippen LogP contribution in [-0.2, 0) is 0 Å². The van der Waals surface area contributed by atoms with Gasteiger partial charge in [-0.15, -0.1) is 10.2 Å². The van der Waals surface area contributed by atoms with Crippen LogP contribution >= 0.6 is 0 Å². The molecule has 1 fully saturated rings. The summed E-state index contributed by atoms with van der Waals surface area (Å²) in [4.78, 5) is 14.0. The van der Waals surface area contributed by atoms with Gasteiger partial charge in [-0.25, -0.2) is 13.6 Å². The van der Waals surface area contributed by atoms with Crippen LogP contribution in [0.2, 0.25) is 0 Å². The lowest BCUT2D eigenvalue weighted by molar-refractivity contribution is 0.221. The summed E-state index contributed by atoms with van der Waals surface area (Å²) in [5.41, 5.74) is 0.775. The Morgan fingerprint density at radius 1 is 1.15 bits per heavy atom. The largest absolute Gasteiger partial charge is 0.322 e. The van der Waals surface area contributed by atoms with E-state index in [2.05, 4.69) is 15.5 Å². The normalized spacial score (nSPS) is 16.5. The number of urea groups is 1. The standard InChI is InChI=1S/C19H17F2N5O/c20-14-6-7-16(21)17(10-14)23-19(27)25-9-8-15(11-25)26-12-22-24-18(26)13-4-2-1-3-5-13/h1-7,10,12,15H,8-9,11H2,(H,23,27). The van der Waals surface area contributed by atoms with Gasteiger partial charge in [-0.05, 0) is 18.6 Å². The third kappa shape index (κ3) is 3.51. The van der Waals surface area contributed by atoms with Gasteiger partial charge in [0.2, 0.25) is 0 Å². The van der Waals surface area contributed by atoms with Gasteiger partial charge >= 0.3 is 6.03 Å². The smallest absolute Gasteiger partial charge is 0.321 e. The Morgan fingerprint density at radius 3 is 2.78 bits per heavy atom. The molecule has 1 atom stereocenters. The van der Waals surface area contributed by atoms with Crippen molar-refractivity contribution < 1.29 is 13.6 Å². The molecule has 4 rings (SSSR count). The van der Waals surface area contributed by atoms with E-state index in [4.69, 9.17) is 0 Å². The minimum atomic E-state index is -0.675. The Hall–Kier alpha value is -3.29. The summed E-state index contributed by atoms with van der Waals surface area (Å²) < 4.78 is 29.0. The molecule has 0 aliphatic carbocycles. The van der Waals surface area contributed by atoms with Gasteiger partial charge in [0.05, 0.1) is 11.7 Å². The highest BCUT2D eigenvalue weighted by atomic mass is 19.1. The summed E-state index contributed by atoms with van der Waals surface area (Å²) in [6, 6.07) is 12.2. The third-order valence-corrected chi connectivity index (χ3v) is 4.62. The van der Waals surface area contributed by atoms with Crippen molar-refractivity contribution in [1.82, 2.24) is 19.7 Å². The van der Waals surface area contributed by atoms with Crippen LogP contribution in [0.15, 0.2) is 54.9 Å². The van der Waals surface area contributed by atoms with Crippen LogP contribution in [0.5, 0.6) is 0 Å². The molecule has 1 aliphatic rings. The zero-order chi connectivity index (χ0) is 18.8. The van der Waals surface area contributed by atoms with Crippen LogP contribution < -0.4 is 5.32 Å². The van der Waals surface area contributed by atoms with Gasteiger partial charge in [-0.1, -0.05) is 30.3 Å². The molecule has 1 aliphatic heterocycles. The fourth-order valence-electron chi connectivity index (χ4n) is 3.24. The monoisotopic (exact) mass is 369 g/mol. The number of anilines is 1. The zero-order valence-electron chi connectivity index (χ0n) is 14.3. The fraction of sp³-hybridized carbons (Fsp3) is 0.211. The molecule has 1 saturated heterocycles. The van der Waals surface area contributed by atoms with Gasteiger partial charge in [0.15, 0.2) is 5.82 Å². The van der Waals surface area contributed by atoms with Crippen LogP contribution in [-0.4, -0.2) is 38.8 Å². The number of nitrogens with zero attached hydrogens (tertiary/aromatic N) is 4. The number of nitrogens with one attached hydrogen (secondary N) is 1. The number of halogens is 2. The third-order valence-electron chi connectivity index (χ3n) is 4.62. The van der Waals surface area contributed by atoms with E-state index in [-0.39, 0.29) is 11.7 Å². The summed E-state index contributed by atoms with van der Waals surface area (Å²) in [5, 5.41) is 10.6. The molecule has 2 aromatic carbocycles. The molecule has 138 valence electrons. The molecule has 0 spiro atoms. The average molecular weight is 369 g/mol. The summed E-state index contributed by atoms with van der Waals surface area (Å²) in [6.07, 6.45) is 2.37. The topological polar surface area (TPSA) is 63.1 Å². The van der Waals surface area contributed by atoms with Gasteiger partial charge in [0.1, 0.15) is 18.0 Å². The van der Waals surface area contributed by atoms with Crippen molar-refractivity contribution >= 4 is 11.7 Å². The first-order chi connectivity index (χ1) is 13.1. The molecule has 2 heterocycles. The number of amides is 2. The van der Waals surface area contributed by atoms with Crippen molar-refractivity contribution in [3.05, 3.63) is 66.5 Å². The van der Waals surface area contributed by atoms with Crippen molar-refractivity contribution in [3.63, 3.8) is 0 Å². The first-order valence-electron chi connectivity index (χ1n) is 8.58. The fourth-order valence-corrected chi connectivity index (χ4v) is 3.24. The minimum absolute atomic E-state index is 0.0123. The van der Waals surface area contributed by atoms with Gasteiger partial charge in [-0.3, -0.25) is 0 Å². The second-order valence-corrected chi connectivity index (χ2v) is 6.37. The van der Waals surface area contributed by atoms with E-state index in [1.54, 1.807) is 11.2 Å². The van der Waals surface area contributed by atoms with Crippen LogP contribution in [0.3, 0.4) is 0 Å². The van der Waals surface area contributed by atoms with Crippen molar-refractivity contribution in [3.8, 4) is 11.4 Å². The molecule has 0 saturated carbocycles. The van der Waals surface area contributed by atoms with Gasteiger partial charge in [0.25, 0.3) is 0 Å². The summed E-state index contributed by atoms with van der Waals surface area (Å²) in [7, 11) is 0. The SMILES string of the molecule is O=C(Nc1cc(F)ccc1F)N1CCC(n2cnnc2-c2ccccc2)C1.